The Bertz CT molecular complexity index is 911. The average molecular weight is 446 g/mol. The number of methoxy groups -OCH3 is 1. The van der Waals surface area contributed by atoms with Crippen LogP contribution in [-0.2, 0) is 19.6 Å². The fourth-order valence-electron chi connectivity index (χ4n) is 4.16. The number of rotatable bonds is 15. The molecule has 0 radical (unpaired) electrons. The van der Waals surface area contributed by atoms with E-state index in [4.69, 9.17) is 9.47 Å². The summed E-state index contributed by atoms with van der Waals surface area (Å²) in [6, 6.07) is 27.4. The fraction of sp³-hybridized carbons (Fsp3) is 0.400. The summed E-state index contributed by atoms with van der Waals surface area (Å²) in [6.07, 6.45) is 7.37. The Morgan fingerprint density at radius 1 is 0.697 bits per heavy atom. The molecule has 0 spiro atoms. The van der Waals surface area contributed by atoms with Gasteiger partial charge in [0.25, 0.3) is 0 Å². The van der Waals surface area contributed by atoms with E-state index in [1.165, 1.54) is 36.8 Å². The quantitative estimate of drug-likeness (QED) is 0.229. The van der Waals surface area contributed by atoms with Crippen LogP contribution in [0.2, 0.25) is 0 Å². The van der Waals surface area contributed by atoms with Crippen LogP contribution in [0, 0.1) is 0 Å². The van der Waals surface area contributed by atoms with Crippen LogP contribution in [0.5, 0.6) is 11.5 Å². The van der Waals surface area contributed by atoms with Crippen molar-refractivity contribution in [1.82, 2.24) is 4.90 Å². The SMILES string of the molecule is CCCCCCN(CCCc1ccccc1)Cc1cccc(OC)c1OCc1ccccc1. The fourth-order valence-corrected chi connectivity index (χ4v) is 4.16. The molecular weight excluding hydrogens is 406 g/mol. The van der Waals surface area contributed by atoms with Gasteiger partial charge < -0.3 is 9.47 Å². The number of hydrogen-bond acceptors (Lipinski definition) is 3. The molecule has 3 aromatic carbocycles. The van der Waals surface area contributed by atoms with E-state index in [-0.39, 0.29) is 0 Å². The average Bonchev–Trinajstić information content (AvgIpc) is 2.86. The van der Waals surface area contributed by atoms with E-state index in [1.807, 2.05) is 24.3 Å². The van der Waals surface area contributed by atoms with Crippen molar-refractivity contribution in [3.8, 4) is 11.5 Å². The predicted molar refractivity (Wildman–Crippen MR) is 138 cm³/mol. The zero-order valence-electron chi connectivity index (χ0n) is 20.3. The second-order valence-corrected chi connectivity index (χ2v) is 8.65. The van der Waals surface area contributed by atoms with Gasteiger partial charge in [-0.15, -0.1) is 0 Å². The number of benzene rings is 3. The van der Waals surface area contributed by atoms with Gasteiger partial charge in [0.05, 0.1) is 7.11 Å². The van der Waals surface area contributed by atoms with Gasteiger partial charge in [-0.2, -0.15) is 0 Å². The van der Waals surface area contributed by atoms with Crippen molar-refractivity contribution >= 4 is 0 Å². The highest BCUT2D eigenvalue weighted by atomic mass is 16.5. The van der Waals surface area contributed by atoms with Gasteiger partial charge in [0.15, 0.2) is 11.5 Å². The molecule has 0 atom stereocenters. The van der Waals surface area contributed by atoms with E-state index >= 15 is 0 Å². The zero-order valence-corrected chi connectivity index (χ0v) is 20.3. The molecular formula is C30H39NO2. The van der Waals surface area contributed by atoms with Gasteiger partial charge in [-0.25, -0.2) is 0 Å². The van der Waals surface area contributed by atoms with Gasteiger partial charge in [-0.05, 0) is 49.5 Å². The van der Waals surface area contributed by atoms with Crippen molar-refractivity contribution in [2.75, 3.05) is 20.2 Å². The molecule has 33 heavy (non-hydrogen) atoms. The van der Waals surface area contributed by atoms with E-state index < -0.39 is 0 Å². The van der Waals surface area contributed by atoms with Crippen molar-refractivity contribution < 1.29 is 9.47 Å². The van der Waals surface area contributed by atoms with E-state index in [9.17, 15) is 0 Å². The van der Waals surface area contributed by atoms with Crippen molar-refractivity contribution in [3.63, 3.8) is 0 Å². The van der Waals surface area contributed by atoms with Crippen LogP contribution in [0.3, 0.4) is 0 Å². The summed E-state index contributed by atoms with van der Waals surface area (Å²) in [4.78, 5) is 2.59. The first-order valence-corrected chi connectivity index (χ1v) is 12.4. The Labute approximate surface area is 200 Å². The lowest BCUT2D eigenvalue weighted by atomic mass is 10.1. The van der Waals surface area contributed by atoms with Crippen LogP contribution in [0.25, 0.3) is 0 Å². The van der Waals surface area contributed by atoms with Gasteiger partial charge in [0.2, 0.25) is 0 Å². The summed E-state index contributed by atoms with van der Waals surface area (Å²) in [5, 5.41) is 0. The Morgan fingerprint density at radius 3 is 2.09 bits per heavy atom. The highest BCUT2D eigenvalue weighted by molar-refractivity contribution is 5.46. The summed E-state index contributed by atoms with van der Waals surface area (Å²) in [5.74, 6) is 1.67. The predicted octanol–water partition coefficient (Wildman–Crippen LogP) is 7.29. The van der Waals surface area contributed by atoms with Crippen molar-refractivity contribution in [2.45, 2.75) is 58.6 Å². The third-order valence-electron chi connectivity index (χ3n) is 6.01. The third kappa shape index (κ3) is 8.58. The summed E-state index contributed by atoms with van der Waals surface area (Å²) in [6.45, 7) is 5.88. The van der Waals surface area contributed by atoms with Gasteiger partial charge >= 0.3 is 0 Å². The van der Waals surface area contributed by atoms with Crippen molar-refractivity contribution in [3.05, 3.63) is 95.6 Å². The molecule has 0 aromatic heterocycles. The minimum atomic E-state index is 0.540. The Balaban J connectivity index is 1.68. The maximum absolute atomic E-state index is 6.31. The van der Waals surface area contributed by atoms with Gasteiger partial charge in [0.1, 0.15) is 6.61 Å². The van der Waals surface area contributed by atoms with E-state index in [0.29, 0.717) is 6.61 Å². The van der Waals surface area contributed by atoms with Crippen LogP contribution in [-0.4, -0.2) is 25.1 Å². The first kappa shape index (κ1) is 24.9. The van der Waals surface area contributed by atoms with Crippen molar-refractivity contribution in [2.24, 2.45) is 0 Å². The molecule has 3 nitrogen and oxygen atoms in total. The largest absolute Gasteiger partial charge is 0.493 e. The summed E-state index contributed by atoms with van der Waals surface area (Å²) in [5.41, 5.74) is 3.77. The molecule has 0 N–H and O–H groups in total. The molecule has 0 fully saturated rings. The van der Waals surface area contributed by atoms with Crippen LogP contribution < -0.4 is 9.47 Å². The molecule has 0 saturated carbocycles. The van der Waals surface area contributed by atoms with Crippen LogP contribution in [0.15, 0.2) is 78.9 Å². The van der Waals surface area contributed by atoms with Gasteiger partial charge in [0, 0.05) is 12.1 Å². The van der Waals surface area contributed by atoms with Crippen LogP contribution >= 0.6 is 0 Å². The smallest absolute Gasteiger partial charge is 0.166 e. The highest BCUT2D eigenvalue weighted by Gasteiger charge is 2.15. The van der Waals surface area contributed by atoms with Gasteiger partial charge in [-0.1, -0.05) is 99.0 Å². The molecule has 0 bridgehead atoms. The Morgan fingerprint density at radius 2 is 1.39 bits per heavy atom. The molecule has 176 valence electrons. The lowest BCUT2D eigenvalue weighted by Crippen LogP contribution is -2.26. The standard InChI is InChI=1S/C30H39NO2/c1-3-4-5-12-22-31(23-14-19-26-15-8-6-9-16-26)24-28-20-13-21-29(32-2)30(28)33-25-27-17-10-7-11-18-27/h6-11,13,15-18,20-21H,3-5,12,14,19,22-25H2,1-2H3. The van der Waals surface area contributed by atoms with E-state index in [1.54, 1.807) is 7.11 Å². The van der Waals surface area contributed by atoms with E-state index in [0.717, 1.165) is 49.5 Å². The maximum Gasteiger partial charge on any atom is 0.166 e. The highest BCUT2D eigenvalue weighted by Crippen LogP contribution is 2.33. The molecule has 3 rings (SSSR count). The van der Waals surface area contributed by atoms with Crippen molar-refractivity contribution in [1.29, 1.82) is 0 Å². The van der Waals surface area contributed by atoms with Gasteiger partial charge in [-0.3, -0.25) is 4.90 Å². The topological polar surface area (TPSA) is 21.7 Å². The number of hydrogen-bond donors (Lipinski definition) is 0. The molecule has 0 unspecified atom stereocenters. The van der Waals surface area contributed by atoms with Crippen LogP contribution in [0.1, 0.15) is 55.7 Å². The molecule has 0 aliphatic rings. The maximum atomic E-state index is 6.31. The number of unbranched alkanes of at least 4 members (excludes halogenated alkanes) is 3. The molecule has 0 saturated heterocycles. The molecule has 0 aliphatic heterocycles. The van der Waals surface area contributed by atoms with Crippen LogP contribution in [0.4, 0.5) is 0 Å². The molecule has 3 aromatic rings. The summed E-state index contributed by atoms with van der Waals surface area (Å²) >= 11 is 0. The number of nitrogens with zero attached hydrogens (tertiary/aromatic N) is 1. The first-order valence-electron chi connectivity index (χ1n) is 12.4. The minimum Gasteiger partial charge on any atom is -0.493 e. The second kappa shape index (κ2) is 14.4. The number of aryl methyl sites for hydroxylation is 1. The number of ether oxygens (including phenoxy) is 2. The second-order valence-electron chi connectivity index (χ2n) is 8.65. The third-order valence-corrected chi connectivity index (χ3v) is 6.01. The Hall–Kier alpha value is -2.78. The first-order chi connectivity index (χ1) is 16.3. The molecule has 0 heterocycles. The number of para-hydroxylation sites is 1. The normalized spacial score (nSPS) is 11.0. The Kier molecular flexibility index (Phi) is 10.8. The minimum absolute atomic E-state index is 0.540. The monoisotopic (exact) mass is 445 g/mol. The molecule has 0 amide bonds. The van der Waals surface area contributed by atoms with E-state index in [2.05, 4.69) is 66.4 Å². The summed E-state index contributed by atoms with van der Waals surface area (Å²) in [7, 11) is 1.72. The summed E-state index contributed by atoms with van der Waals surface area (Å²) < 4.78 is 12.0. The lowest BCUT2D eigenvalue weighted by Gasteiger charge is -2.24. The zero-order chi connectivity index (χ0) is 23.1. The molecule has 0 aliphatic carbocycles. The molecule has 3 heteroatoms. The lowest BCUT2D eigenvalue weighted by molar-refractivity contribution is 0.240.